The summed E-state index contributed by atoms with van der Waals surface area (Å²) in [5.74, 6) is -0.381. The molecule has 0 amide bonds. The highest BCUT2D eigenvalue weighted by molar-refractivity contribution is 5.72. The van der Waals surface area contributed by atoms with Gasteiger partial charge in [0.1, 0.15) is 12.6 Å². The SMILES string of the molecule is O=CCCC(=O)OCCC[13CH]=O. The third-order valence-corrected chi connectivity index (χ3v) is 1.20. The van der Waals surface area contributed by atoms with E-state index in [1.54, 1.807) is 0 Å². The normalized spacial score (nSPS) is 9.00. The zero-order valence-corrected chi connectivity index (χ0v) is 6.82. The Morgan fingerprint density at radius 2 is 1.83 bits per heavy atom. The fourth-order valence-electron chi connectivity index (χ4n) is 0.602. The highest BCUT2D eigenvalue weighted by Crippen LogP contribution is 1.92. The van der Waals surface area contributed by atoms with E-state index in [1.165, 1.54) is 0 Å². The zero-order valence-electron chi connectivity index (χ0n) is 6.82. The molecule has 0 radical (unpaired) electrons. The first-order valence-corrected chi connectivity index (χ1v) is 3.84. The fraction of sp³-hybridized carbons (Fsp3) is 0.625. The third-order valence-electron chi connectivity index (χ3n) is 1.20. The van der Waals surface area contributed by atoms with E-state index in [9.17, 15) is 14.4 Å². The Hall–Kier alpha value is -1.19. The molecule has 0 aliphatic carbocycles. The van der Waals surface area contributed by atoms with Gasteiger partial charge in [0.05, 0.1) is 13.0 Å². The van der Waals surface area contributed by atoms with Gasteiger partial charge in [-0.3, -0.25) is 4.79 Å². The second-order valence-corrected chi connectivity index (χ2v) is 2.23. The lowest BCUT2D eigenvalue weighted by Crippen LogP contribution is -2.05. The summed E-state index contributed by atoms with van der Waals surface area (Å²) in [7, 11) is 0. The molecule has 0 fully saturated rings. The minimum atomic E-state index is -0.381. The molecule has 0 aliphatic rings. The molecule has 0 unspecified atom stereocenters. The second-order valence-electron chi connectivity index (χ2n) is 2.23. The van der Waals surface area contributed by atoms with Crippen molar-refractivity contribution in [2.24, 2.45) is 0 Å². The Kier molecular flexibility index (Phi) is 7.13. The maximum absolute atomic E-state index is 10.7. The molecule has 4 heteroatoms. The summed E-state index contributed by atoms with van der Waals surface area (Å²) in [5, 5.41) is 0. The van der Waals surface area contributed by atoms with Gasteiger partial charge in [0.25, 0.3) is 0 Å². The van der Waals surface area contributed by atoms with Crippen LogP contribution in [-0.4, -0.2) is 25.1 Å². The molecule has 0 aromatic carbocycles. The summed E-state index contributed by atoms with van der Waals surface area (Å²) in [6.45, 7) is 0.260. The van der Waals surface area contributed by atoms with Crippen LogP contribution >= 0.6 is 0 Å². The lowest BCUT2D eigenvalue weighted by Gasteiger charge is -2.00. The van der Waals surface area contributed by atoms with Crippen molar-refractivity contribution in [3.05, 3.63) is 0 Å². The van der Waals surface area contributed by atoms with Gasteiger partial charge in [-0.25, -0.2) is 0 Å². The molecule has 0 atom stereocenters. The average Bonchev–Trinajstić information content (AvgIpc) is 2.09. The van der Waals surface area contributed by atoms with Gasteiger partial charge in [-0.05, 0) is 6.42 Å². The van der Waals surface area contributed by atoms with Crippen LogP contribution in [0.2, 0.25) is 0 Å². The summed E-state index contributed by atoms with van der Waals surface area (Å²) >= 11 is 0. The molecule has 0 bridgehead atoms. The maximum Gasteiger partial charge on any atom is 0.306 e. The van der Waals surface area contributed by atoms with Crippen molar-refractivity contribution < 1.29 is 19.1 Å². The van der Waals surface area contributed by atoms with Crippen molar-refractivity contribution in [1.82, 2.24) is 0 Å². The molecule has 0 aliphatic heterocycles. The van der Waals surface area contributed by atoms with Crippen LogP contribution in [0.4, 0.5) is 0 Å². The van der Waals surface area contributed by atoms with Gasteiger partial charge in [-0.2, -0.15) is 0 Å². The molecule has 4 nitrogen and oxygen atoms in total. The van der Waals surface area contributed by atoms with Crippen molar-refractivity contribution in [2.75, 3.05) is 6.61 Å². The fourth-order valence-corrected chi connectivity index (χ4v) is 0.602. The van der Waals surface area contributed by atoms with Crippen LogP contribution < -0.4 is 0 Å². The van der Waals surface area contributed by atoms with Crippen molar-refractivity contribution in [1.29, 1.82) is 0 Å². The van der Waals surface area contributed by atoms with Crippen LogP contribution in [0.15, 0.2) is 0 Å². The van der Waals surface area contributed by atoms with Gasteiger partial charge in [-0.15, -0.1) is 0 Å². The van der Waals surface area contributed by atoms with E-state index in [4.69, 9.17) is 0 Å². The molecule has 68 valence electrons. The Morgan fingerprint density at radius 1 is 1.17 bits per heavy atom. The second kappa shape index (κ2) is 7.91. The van der Waals surface area contributed by atoms with Crippen molar-refractivity contribution in [3.8, 4) is 0 Å². The first kappa shape index (κ1) is 10.8. The van der Waals surface area contributed by atoms with Crippen molar-refractivity contribution in [2.45, 2.75) is 25.7 Å². The minimum Gasteiger partial charge on any atom is -0.466 e. The van der Waals surface area contributed by atoms with Gasteiger partial charge >= 0.3 is 5.97 Å². The van der Waals surface area contributed by atoms with Gasteiger partial charge < -0.3 is 14.3 Å². The highest BCUT2D eigenvalue weighted by atomic mass is 16.5. The molecule has 0 N–H and O–H groups in total. The molecule has 0 heterocycles. The third kappa shape index (κ3) is 6.92. The summed E-state index contributed by atoms with van der Waals surface area (Å²) in [4.78, 5) is 30.4. The molecule has 0 rings (SSSR count). The molecule has 0 saturated carbocycles. The highest BCUT2D eigenvalue weighted by Gasteiger charge is 2.00. The van der Waals surface area contributed by atoms with E-state index in [-0.39, 0.29) is 25.4 Å². The molecular weight excluding hydrogens is 161 g/mol. The van der Waals surface area contributed by atoms with Gasteiger partial charge in [0.2, 0.25) is 0 Å². The van der Waals surface area contributed by atoms with Crippen LogP contribution in [0.1, 0.15) is 25.7 Å². The number of hydrogen-bond donors (Lipinski definition) is 0. The zero-order chi connectivity index (χ0) is 9.23. The van der Waals surface area contributed by atoms with E-state index < -0.39 is 0 Å². The predicted molar refractivity (Wildman–Crippen MR) is 41.6 cm³/mol. The lowest BCUT2D eigenvalue weighted by molar-refractivity contribution is -0.144. The van der Waals surface area contributed by atoms with Crippen LogP contribution in [0, 0.1) is 0 Å². The Labute approximate surface area is 70.9 Å². The Balaban J connectivity index is 3.19. The lowest BCUT2D eigenvalue weighted by atomic mass is 10.3. The smallest absolute Gasteiger partial charge is 0.306 e. The number of carbonyl (C=O) groups excluding carboxylic acids is 3. The van der Waals surface area contributed by atoms with Gasteiger partial charge in [0, 0.05) is 12.8 Å². The van der Waals surface area contributed by atoms with E-state index in [2.05, 4.69) is 4.74 Å². The number of hydrogen-bond acceptors (Lipinski definition) is 4. The maximum atomic E-state index is 10.7. The molecule has 0 spiro atoms. The summed E-state index contributed by atoms with van der Waals surface area (Å²) in [6.07, 6.45) is 2.74. The van der Waals surface area contributed by atoms with E-state index >= 15 is 0 Å². The largest absolute Gasteiger partial charge is 0.466 e. The van der Waals surface area contributed by atoms with Crippen molar-refractivity contribution in [3.63, 3.8) is 0 Å². The Bertz CT molecular complexity index is 153. The monoisotopic (exact) mass is 173 g/mol. The van der Waals surface area contributed by atoms with E-state index in [0.29, 0.717) is 19.1 Å². The number of aldehydes is 2. The summed E-state index contributed by atoms with van der Waals surface area (Å²) in [6, 6.07) is 0. The van der Waals surface area contributed by atoms with Crippen molar-refractivity contribution >= 4 is 18.5 Å². The topological polar surface area (TPSA) is 60.4 Å². The number of esters is 1. The molecule has 0 aromatic rings. The number of unbranched alkanes of at least 4 members (excludes halogenated alkanes) is 1. The Morgan fingerprint density at radius 3 is 2.42 bits per heavy atom. The first-order chi connectivity index (χ1) is 5.81. The van der Waals surface area contributed by atoms with Crippen LogP contribution in [0.25, 0.3) is 0 Å². The standard InChI is InChI=1S/C8H12O4/c9-5-1-2-7-12-8(11)4-3-6-10/h5-6H,1-4,7H2/i5+1. The number of rotatable bonds is 7. The molecular formula is C8H12O4. The summed E-state index contributed by atoms with van der Waals surface area (Å²) in [5.41, 5.74) is 0. The average molecular weight is 173 g/mol. The van der Waals surface area contributed by atoms with Crippen LogP contribution in [0.5, 0.6) is 0 Å². The predicted octanol–water partition coefficient (Wildman–Crippen LogP) is 0.488. The van der Waals surface area contributed by atoms with Crippen LogP contribution in [-0.2, 0) is 19.1 Å². The van der Waals surface area contributed by atoms with E-state index in [1.807, 2.05) is 0 Å². The first-order valence-electron chi connectivity index (χ1n) is 3.84. The van der Waals surface area contributed by atoms with Crippen LogP contribution in [0.3, 0.4) is 0 Å². The number of carbonyl (C=O) groups is 3. The minimum absolute atomic E-state index is 0.130. The summed E-state index contributed by atoms with van der Waals surface area (Å²) < 4.78 is 4.69. The number of ether oxygens (including phenoxy) is 1. The quantitative estimate of drug-likeness (QED) is 0.243. The van der Waals surface area contributed by atoms with Gasteiger partial charge in [0.15, 0.2) is 0 Å². The molecule has 0 aromatic heterocycles. The van der Waals surface area contributed by atoms with E-state index in [0.717, 1.165) is 6.29 Å². The molecule has 0 saturated heterocycles. The molecule has 12 heavy (non-hydrogen) atoms. The van der Waals surface area contributed by atoms with Gasteiger partial charge in [-0.1, -0.05) is 0 Å².